The Balaban J connectivity index is 1.87. The monoisotopic (exact) mass is 491 g/mol. The molecule has 1 aliphatic rings. The third-order valence-corrected chi connectivity index (χ3v) is 7.31. The van der Waals surface area contributed by atoms with Gasteiger partial charge in [0.2, 0.25) is 11.8 Å². The van der Waals surface area contributed by atoms with Gasteiger partial charge in [0, 0.05) is 18.1 Å². The Labute approximate surface area is 198 Å². The Morgan fingerprint density at radius 2 is 1.79 bits per heavy atom. The van der Waals surface area contributed by atoms with Gasteiger partial charge in [-0.05, 0) is 42.7 Å². The van der Waals surface area contributed by atoms with E-state index >= 15 is 0 Å². The van der Waals surface area contributed by atoms with Crippen LogP contribution in [0.4, 0.5) is 0 Å². The summed E-state index contributed by atoms with van der Waals surface area (Å²) < 4.78 is 26.3. The molecule has 0 aliphatic carbocycles. The van der Waals surface area contributed by atoms with Crippen molar-refractivity contribution in [3.05, 3.63) is 64.7 Å². The Kier molecular flexibility index (Phi) is 7.44. The molecular formula is C23H26ClN3O5S. The Morgan fingerprint density at radius 1 is 1.09 bits per heavy atom. The molecular weight excluding hydrogens is 466 g/mol. The van der Waals surface area contributed by atoms with Crippen molar-refractivity contribution in [2.45, 2.75) is 38.3 Å². The highest BCUT2D eigenvalue weighted by Gasteiger charge is 2.43. The van der Waals surface area contributed by atoms with Gasteiger partial charge in [0.1, 0.15) is 17.5 Å². The molecule has 3 rings (SSSR count). The van der Waals surface area contributed by atoms with Crippen LogP contribution in [-0.2, 0) is 26.2 Å². The van der Waals surface area contributed by atoms with E-state index in [1.54, 1.807) is 37.3 Å². The molecule has 1 N–H and O–H groups in total. The third-order valence-electron chi connectivity index (χ3n) is 5.28. The van der Waals surface area contributed by atoms with Crippen LogP contribution in [0.1, 0.15) is 36.7 Å². The first-order valence-electron chi connectivity index (χ1n) is 10.5. The van der Waals surface area contributed by atoms with Crippen molar-refractivity contribution in [3.63, 3.8) is 0 Å². The summed E-state index contributed by atoms with van der Waals surface area (Å²) in [7, 11) is -4.16. The summed E-state index contributed by atoms with van der Waals surface area (Å²) in [6.07, 6.45) is 0. The summed E-state index contributed by atoms with van der Waals surface area (Å²) in [5, 5.41) is 3.25. The van der Waals surface area contributed by atoms with Crippen LogP contribution in [0.15, 0.2) is 53.4 Å². The topological polar surface area (TPSA) is 104 Å². The van der Waals surface area contributed by atoms with Crippen LogP contribution in [0.5, 0.6) is 0 Å². The molecule has 2 aromatic rings. The third kappa shape index (κ3) is 5.36. The number of hydrogen-bond acceptors (Lipinski definition) is 5. The van der Waals surface area contributed by atoms with Crippen molar-refractivity contribution < 1.29 is 22.8 Å². The Bertz CT molecular complexity index is 1180. The van der Waals surface area contributed by atoms with Crippen LogP contribution in [0.3, 0.4) is 0 Å². The van der Waals surface area contributed by atoms with Crippen molar-refractivity contribution >= 4 is 39.3 Å². The minimum Gasteiger partial charge on any atom is -0.354 e. The van der Waals surface area contributed by atoms with Gasteiger partial charge in [-0.25, -0.2) is 12.7 Å². The molecule has 0 radical (unpaired) electrons. The molecule has 33 heavy (non-hydrogen) atoms. The summed E-state index contributed by atoms with van der Waals surface area (Å²) in [6, 6.07) is 11.7. The fourth-order valence-electron chi connectivity index (χ4n) is 3.47. The molecule has 1 atom stereocenters. The molecule has 0 saturated heterocycles. The number of amides is 3. The van der Waals surface area contributed by atoms with Crippen LogP contribution in [0.25, 0.3) is 0 Å². The SMILES string of the molecule is CC(C)CNC(=O)[C@@H](C)N(Cc1cccc(Cl)c1)C(=O)CN1C(=O)c2ccccc2S1(=O)=O. The Hall–Kier alpha value is -2.91. The van der Waals surface area contributed by atoms with Gasteiger partial charge >= 0.3 is 0 Å². The van der Waals surface area contributed by atoms with E-state index in [4.69, 9.17) is 11.6 Å². The summed E-state index contributed by atoms with van der Waals surface area (Å²) in [6.45, 7) is 5.19. The van der Waals surface area contributed by atoms with Crippen LogP contribution in [0, 0.1) is 5.92 Å². The maximum atomic E-state index is 13.3. The predicted molar refractivity (Wildman–Crippen MR) is 124 cm³/mol. The second-order valence-corrected chi connectivity index (χ2v) is 10.5. The lowest BCUT2D eigenvalue weighted by Gasteiger charge is -2.30. The van der Waals surface area contributed by atoms with Crippen LogP contribution < -0.4 is 5.32 Å². The number of halogens is 1. The zero-order valence-electron chi connectivity index (χ0n) is 18.6. The molecule has 0 spiro atoms. The van der Waals surface area contributed by atoms with E-state index < -0.39 is 34.4 Å². The fraction of sp³-hybridized carbons (Fsp3) is 0.348. The highest BCUT2D eigenvalue weighted by molar-refractivity contribution is 7.90. The van der Waals surface area contributed by atoms with Gasteiger partial charge in [-0.3, -0.25) is 14.4 Å². The molecule has 0 saturated carbocycles. The number of sulfonamides is 1. The molecule has 3 amide bonds. The number of nitrogens with zero attached hydrogens (tertiary/aromatic N) is 2. The molecule has 0 bridgehead atoms. The van der Waals surface area contributed by atoms with Crippen LogP contribution >= 0.6 is 11.6 Å². The van der Waals surface area contributed by atoms with E-state index in [9.17, 15) is 22.8 Å². The van der Waals surface area contributed by atoms with Gasteiger partial charge in [-0.1, -0.05) is 49.7 Å². The molecule has 1 aliphatic heterocycles. The van der Waals surface area contributed by atoms with Crippen molar-refractivity contribution in [1.82, 2.24) is 14.5 Å². The van der Waals surface area contributed by atoms with E-state index in [0.29, 0.717) is 21.4 Å². The largest absolute Gasteiger partial charge is 0.354 e. The van der Waals surface area contributed by atoms with Gasteiger partial charge in [0.15, 0.2) is 0 Å². The first-order chi connectivity index (χ1) is 15.5. The highest BCUT2D eigenvalue weighted by atomic mass is 35.5. The minimum atomic E-state index is -4.16. The molecule has 8 nitrogen and oxygen atoms in total. The summed E-state index contributed by atoms with van der Waals surface area (Å²) in [5.74, 6) is -1.60. The quantitative estimate of drug-likeness (QED) is 0.611. The molecule has 0 aromatic heterocycles. The molecule has 0 unspecified atom stereocenters. The minimum absolute atomic E-state index is 0.0185. The molecule has 1 heterocycles. The second-order valence-electron chi connectivity index (χ2n) is 8.28. The van der Waals surface area contributed by atoms with E-state index in [1.807, 2.05) is 13.8 Å². The summed E-state index contributed by atoms with van der Waals surface area (Å²) >= 11 is 6.07. The fourth-order valence-corrected chi connectivity index (χ4v) is 5.20. The predicted octanol–water partition coefficient (Wildman–Crippen LogP) is 2.67. The highest BCUT2D eigenvalue weighted by Crippen LogP contribution is 2.30. The van der Waals surface area contributed by atoms with Crippen molar-refractivity contribution in [2.24, 2.45) is 5.92 Å². The number of carbonyl (C=O) groups is 3. The van der Waals surface area contributed by atoms with Crippen molar-refractivity contribution in [1.29, 1.82) is 0 Å². The summed E-state index contributed by atoms with van der Waals surface area (Å²) in [5.41, 5.74) is 0.688. The number of carbonyl (C=O) groups excluding carboxylic acids is 3. The molecule has 2 aromatic carbocycles. The van der Waals surface area contributed by atoms with Gasteiger partial charge in [-0.15, -0.1) is 0 Å². The van der Waals surface area contributed by atoms with Gasteiger partial charge < -0.3 is 10.2 Å². The van der Waals surface area contributed by atoms with Crippen LogP contribution in [0.2, 0.25) is 5.02 Å². The van der Waals surface area contributed by atoms with Crippen molar-refractivity contribution in [3.8, 4) is 0 Å². The molecule has 0 fully saturated rings. The zero-order valence-corrected chi connectivity index (χ0v) is 20.2. The standard InChI is InChI=1S/C23H26ClN3O5S/c1-15(2)12-25-22(29)16(3)26(13-17-7-6-8-18(24)11-17)21(28)14-27-23(30)19-9-4-5-10-20(19)33(27,31)32/h4-11,15-16H,12-14H2,1-3H3,(H,25,29)/t16-/m1/s1. The maximum absolute atomic E-state index is 13.3. The first kappa shape index (κ1) is 24.7. The van der Waals surface area contributed by atoms with Crippen LogP contribution in [-0.4, -0.2) is 54.5 Å². The number of benzene rings is 2. The van der Waals surface area contributed by atoms with E-state index in [-0.39, 0.29) is 28.8 Å². The number of fused-ring (bicyclic) bond motifs is 1. The lowest BCUT2D eigenvalue weighted by molar-refractivity contribution is -0.140. The van der Waals surface area contributed by atoms with E-state index in [1.165, 1.54) is 23.1 Å². The lowest BCUT2D eigenvalue weighted by atomic mass is 10.1. The smallest absolute Gasteiger partial charge is 0.269 e. The van der Waals surface area contributed by atoms with Crippen molar-refractivity contribution in [2.75, 3.05) is 13.1 Å². The average Bonchev–Trinajstić information content (AvgIpc) is 2.96. The Morgan fingerprint density at radius 3 is 2.42 bits per heavy atom. The first-order valence-corrected chi connectivity index (χ1v) is 12.3. The van der Waals surface area contributed by atoms with E-state index in [2.05, 4.69) is 5.32 Å². The van der Waals surface area contributed by atoms with Gasteiger partial charge in [-0.2, -0.15) is 0 Å². The maximum Gasteiger partial charge on any atom is 0.269 e. The normalized spacial score (nSPS) is 15.3. The number of rotatable bonds is 8. The summed E-state index contributed by atoms with van der Waals surface area (Å²) in [4.78, 5) is 39.9. The number of nitrogens with one attached hydrogen (secondary N) is 1. The average molecular weight is 492 g/mol. The second kappa shape index (κ2) is 9.93. The van der Waals surface area contributed by atoms with Gasteiger partial charge in [0.05, 0.1) is 5.56 Å². The number of hydrogen-bond donors (Lipinski definition) is 1. The molecule has 10 heteroatoms. The van der Waals surface area contributed by atoms with Gasteiger partial charge in [0.25, 0.3) is 15.9 Å². The van der Waals surface area contributed by atoms with E-state index in [0.717, 1.165) is 0 Å². The molecule has 176 valence electrons. The zero-order chi connectivity index (χ0) is 24.3. The lowest BCUT2D eigenvalue weighted by Crippen LogP contribution is -2.51.